The summed E-state index contributed by atoms with van der Waals surface area (Å²) < 4.78 is 13.7. The van der Waals surface area contributed by atoms with Crippen LogP contribution in [0.25, 0.3) is 28.1 Å². The Labute approximate surface area is 190 Å². The maximum absolute atomic E-state index is 13.7. The average molecular weight is 446 g/mol. The third-order valence-electron chi connectivity index (χ3n) is 5.39. The fourth-order valence-corrected chi connectivity index (χ4v) is 4.24. The summed E-state index contributed by atoms with van der Waals surface area (Å²) in [6, 6.07) is 20.3. The van der Waals surface area contributed by atoms with Gasteiger partial charge in [-0.15, -0.1) is 0 Å². The SMILES string of the molecule is CC/C(=C(/c1ccc(C=CC(=O)O)cc1)c1cccc2[nH]ccc12)c1ccc(F)cc1Cl. The molecule has 1 aromatic heterocycles. The summed E-state index contributed by atoms with van der Waals surface area (Å²) in [4.78, 5) is 14.1. The van der Waals surface area contributed by atoms with Gasteiger partial charge in [0.1, 0.15) is 5.82 Å². The number of fused-ring (bicyclic) bond motifs is 1. The van der Waals surface area contributed by atoms with Gasteiger partial charge in [0.05, 0.1) is 5.02 Å². The van der Waals surface area contributed by atoms with E-state index in [1.165, 1.54) is 12.1 Å². The van der Waals surface area contributed by atoms with Crippen LogP contribution in [0.15, 0.2) is 79.0 Å². The summed E-state index contributed by atoms with van der Waals surface area (Å²) in [5.74, 6) is -1.37. The third kappa shape index (κ3) is 4.36. The second-order valence-electron chi connectivity index (χ2n) is 7.37. The number of halogens is 2. The van der Waals surface area contributed by atoms with Gasteiger partial charge in [-0.25, -0.2) is 9.18 Å². The maximum atomic E-state index is 13.7. The standard InChI is InChI=1S/C27H21ClFNO2/c1-2-20(21-12-11-19(29)16-24(21)28)27(23-4-3-5-25-22(23)14-15-30-25)18-9-6-17(7-10-18)8-13-26(31)32/h3-16,30H,2H2,1H3,(H,31,32)/b13-8?,27-20+. The Hall–Kier alpha value is -3.63. The Balaban J connectivity index is 1.98. The van der Waals surface area contributed by atoms with Gasteiger partial charge >= 0.3 is 5.97 Å². The normalized spacial score (nSPS) is 12.3. The summed E-state index contributed by atoms with van der Waals surface area (Å²) in [6.45, 7) is 2.05. The number of nitrogens with one attached hydrogen (secondary N) is 1. The summed E-state index contributed by atoms with van der Waals surface area (Å²) in [6.07, 6.45) is 5.26. The first-order valence-corrected chi connectivity index (χ1v) is 10.6. The van der Waals surface area contributed by atoms with Crippen molar-refractivity contribution in [3.63, 3.8) is 0 Å². The molecule has 0 radical (unpaired) electrons. The molecule has 0 aliphatic rings. The van der Waals surface area contributed by atoms with Crippen LogP contribution in [0.2, 0.25) is 5.02 Å². The number of carboxylic acid groups (broad SMARTS) is 1. The van der Waals surface area contributed by atoms with Crippen molar-refractivity contribution in [2.75, 3.05) is 0 Å². The highest BCUT2D eigenvalue weighted by Gasteiger charge is 2.17. The number of H-pyrrole nitrogens is 1. The molecule has 4 rings (SSSR count). The number of benzene rings is 3. The first-order chi connectivity index (χ1) is 15.5. The van der Waals surface area contributed by atoms with Gasteiger partial charge in [0.15, 0.2) is 0 Å². The Bertz CT molecular complexity index is 1350. The van der Waals surface area contributed by atoms with Crippen molar-refractivity contribution in [1.82, 2.24) is 4.98 Å². The smallest absolute Gasteiger partial charge is 0.328 e. The molecule has 0 fully saturated rings. The Morgan fingerprint density at radius 3 is 2.53 bits per heavy atom. The molecular formula is C27H21ClFNO2. The van der Waals surface area contributed by atoms with E-state index in [1.54, 1.807) is 12.1 Å². The molecule has 2 N–H and O–H groups in total. The van der Waals surface area contributed by atoms with Crippen molar-refractivity contribution in [2.24, 2.45) is 0 Å². The molecule has 0 bridgehead atoms. The zero-order valence-electron chi connectivity index (χ0n) is 17.4. The van der Waals surface area contributed by atoms with E-state index in [0.717, 1.165) is 50.4 Å². The van der Waals surface area contributed by atoms with Crippen molar-refractivity contribution in [3.05, 3.63) is 112 Å². The minimum atomic E-state index is -0.993. The van der Waals surface area contributed by atoms with Gasteiger partial charge in [-0.3, -0.25) is 0 Å². The number of rotatable bonds is 6. The average Bonchev–Trinajstić information content (AvgIpc) is 3.26. The van der Waals surface area contributed by atoms with Gasteiger partial charge in [-0.1, -0.05) is 61.0 Å². The summed E-state index contributed by atoms with van der Waals surface area (Å²) in [5, 5.41) is 10.3. The monoisotopic (exact) mass is 445 g/mol. The van der Waals surface area contributed by atoms with Crippen LogP contribution in [0.5, 0.6) is 0 Å². The van der Waals surface area contributed by atoms with Crippen LogP contribution < -0.4 is 0 Å². The van der Waals surface area contributed by atoms with Crippen LogP contribution in [0.4, 0.5) is 4.39 Å². The minimum absolute atomic E-state index is 0.363. The molecule has 0 saturated carbocycles. The van der Waals surface area contributed by atoms with Crippen molar-refractivity contribution < 1.29 is 14.3 Å². The van der Waals surface area contributed by atoms with Gasteiger partial charge in [-0.2, -0.15) is 0 Å². The lowest BCUT2D eigenvalue weighted by atomic mass is 9.86. The molecule has 3 aromatic carbocycles. The highest BCUT2D eigenvalue weighted by molar-refractivity contribution is 6.32. The van der Waals surface area contributed by atoms with Gasteiger partial charge in [-0.05, 0) is 70.2 Å². The van der Waals surface area contributed by atoms with Crippen molar-refractivity contribution in [3.8, 4) is 0 Å². The predicted octanol–water partition coefficient (Wildman–Crippen LogP) is 7.43. The number of aromatic amines is 1. The number of allylic oxidation sites excluding steroid dienone is 1. The van der Waals surface area contributed by atoms with Crippen LogP contribution in [0, 0.1) is 5.82 Å². The number of carbonyl (C=O) groups is 1. The van der Waals surface area contributed by atoms with E-state index >= 15 is 0 Å². The van der Waals surface area contributed by atoms with Gasteiger partial charge in [0, 0.05) is 23.2 Å². The van der Waals surface area contributed by atoms with Crippen molar-refractivity contribution in [1.29, 1.82) is 0 Å². The lowest BCUT2D eigenvalue weighted by Crippen LogP contribution is -1.97. The van der Waals surface area contributed by atoms with E-state index in [9.17, 15) is 9.18 Å². The topological polar surface area (TPSA) is 53.1 Å². The van der Waals surface area contributed by atoms with E-state index in [0.29, 0.717) is 11.4 Å². The highest BCUT2D eigenvalue weighted by Crippen LogP contribution is 2.39. The van der Waals surface area contributed by atoms with Gasteiger partial charge in [0.2, 0.25) is 0 Å². The zero-order valence-corrected chi connectivity index (χ0v) is 18.2. The molecule has 32 heavy (non-hydrogen) atoms. The van der Waals surface area contributed by atoms with E-state index in [-0.39, 0.29) is 5.82 Å². The molecule has 3 nitrogen and oxygen atoms in total. The lowest BCUT2D eigenvalue weighted by Gasteiger charge is -2.18. The fraction of sp³-hybridized carbons (Fsp3) is 0.0741. The number of hydrogen-bond donors (Lipinski definition) is 2. The molecular weight excluding hydrogens is 425 g/mol. The number of carboxylic acids is 1. The van der Waals surface area contributed by atoms with Gasteiger partial charge in [0.25, 0.3) is 0 Å². The molecule has 0 aliphatic heterocycles. The second kappa shape index (κ2) is 9.25. The molecule has 0 saturated heterocycles. The molecule has 0 aliphatic carbocycles. The number of aromatic nitrogens is 1. The molecule has 0 spiro atoms. The number of hydrogen-bond acceptors (Lipinski definition) is 1. The lowest BCUT2D eigenvalue weighted by molar-refractivity contribution is -0.131. The predicted molar refractivity (Wildman–Crippen MR) is 129 cm³/mol. The molecule has 0 atom stereocenters. The zero-order chi connectivity index (χ0) is 22.7. The Morgan fingerprint density at radius 1 is 1.06 bits per heavy atom. The van der Waals surface area contributed by atoms with Crippen LogP contribution in [-0.4, -0.2) is 16.1 Å². The highest BCUT2D eigenvalue weighted by atomic mass is 35.5. The van der Waals surface area contributed by atoms with E-state index in [2.05, 4.69) is 18.0 Å². The summed E-state index contributed by atoms with van der Waals surface area (Å²) >= 11 is 6.47. The molecule has 5 heteroatoms. The minimum Gasteiger partial charge on any atom is -0.478 e. The maximum Gasteiger partial charge on any atom is 0.328 e. The summed E-state index contributed by atoms with van der Waals surface area (Å²) in [7, 11) is 0. The Morgan fingerprint density at radius 2 is 1.84 bits per heavy atom. The van der Waals surface area contributed by atoms with E-state index < -0.39 is 5.97 Å². The first kappa shape index (κ1) is 21.6. The number of aliphatic carboxylic acids is 1. The summed E-state index contributed by atoms with van der Waals surface area (Å²) in [5.41, 5.74) is 6.58. The van der Waals surface area contributed by atoms with E-state index in [4.69, 9.17) is 16.7 Å². The van der Waals surface area contributed by atoms with Crippen molar-refractivity contribution >= 4 is 45.7 Å². The van der Waals surface area contributed by atoms with Crippen LogP contribution in [0.1, 0.15) is 35.6 Å². The molecule has 1 heterocycles. The first-order valence-electron chi connectivity index (χ1n) is 10.2. The van der Waals surface area contributed by atoms with Crippen molar-refractivity contribution in [2.45, 2.75) is 13.3 Å². The molecule has 160 valence electrons. The van der Waals surface area contributed by atoms with Gasteiger partial charge < -0.3 is 10.1 Å². The quantitative estimate of drug-likeness (QED) is 0.239. The fourth-order valence-electron chi connectivity index (χ4n) is 3.96. The third-order valence-corrected chi connectivity index (χ3v) is 5.71. The van der Waals surface area contributed by atoms with E-state index in [1.807, 2.05) is 48.7 Å². The van der Waals surface area contributed by atoms with Crippen LogP contribution in [-0.2, 0) is 4.79 Å². The van der Waals surface area contributed by atoms with Crippen LogP contribution in [0.3, 0.4) is 0 Å². The Kier molecular flexibility index (Phi) is 6.24. The van der Waals surface area contributed by atoms with Crippen LogP contribution >= 0.6 is 11.6 Å². The second-order valence-corrected chi connectivity index (χ2v) is 7.78. The largest absolute Gasteiger partial charge is 0.478 e. The molecule has 0 amide bonds. The molecule has 4 aromatic rings. The molecule has 0 unspecified atom stereocenters.